The summed E-state index contributed by atoms with van der Waals surface area (Å²) >= 11 is 17.0. The number of amides is 2. The lowest BCUT2D eigenvalue weighted by Crippen LogP contribution is -2.46. The summed E-state index contributed by atoms with van der Waals surface area (Å²) in [6.07, 6.45) is 0. The van der Waals surface area contributed by atoms with E-state index < -0.39 is 16.1 Å². The lowest BCUT2D eigenvalue weighted by atomic mass is 10.3. The average Bonchev–Trinajstić information content (AvgIpc) is 2.99. The number of anilines is 1. The standard InChI is InChI=1S/C16H14Cl2N4O3S2/c17-13-7-6-11(10-14(13)18)19-15(23)21-8-9-22(16(21)26)20-27(24,25)12-4-2-1-3-5-12/h1-7,10,20H,8-9H2,(H,19,23). The molecule has 11 heteroatoms. The fourth-order valence-corrected chi connectivity index (χ4v) is 4.13. The van der Waals surface area contributed by atoms with E-state index in [4.69, 9.17) is 35.4 Å². The molecule has 0 aliphatic carbocycles. The fraction of sp³-hybridized carbons (Fsp3) is 0.125. The molecule has 2 aromatic carbocycles. The maximum atomic E-state index is 12.4. The van der Waals surface area contributed by atoms with Gasteiger partial charge in [-0.05, 0) is 42.5 Å². The van der Waals surface area contributed by atoms with E-state index in [2.05, 4.69) is 10.1 Å². The van der Waals surface area contributed by atoms with Gasteiger partial charge in [-0.15, -0.1) is 4.83 Å². The highest BCUT2D eigenvalue weighted by Crippen LogP contribution is 2.25. The van der Waals surface area contributed by atoms with Crippen LogP contribution in [0.5, 0.6) is 0 Å². The number of halogens is 2. The lowest BCUT2D eigenvalue weighted by molar-refractivity contribution is 0.237. The van der Waals surface area contributed by atoms with Crippen LogP contribution in [0.1, 0.15) is 0 Å². The highest BCUT2D eigenvalue weighted by atomic mass is 35.5. The van der Waals surface area contributed by atoms with E-state index in [9.17, 15) is 13.2 Å². The molecule has 1 fully saturated rings. The molecule has 2 aromatic rings. The monoisotopic (exact) mass is 444 g/mol. The molecule has 3 rings (SSSR count). The van der Waals surface area contributed by atoms with Gasteiger partial charge in [0.15, 0.2) is 5.11 Å². The van der Waals surface area contributed by atoms with Crippen molar-refractivity contribution >= 4 is 62.3 Å². The van der Waals surface area contributed by atoms with E-state index >= 15 is 0 Å². The zero-order valence-electron chi connectivity index (χ0n) is 13.7. The van der Waals surface area contributed by atoms with Crippen molar-refractivity contribution in [3.63, 3.8) is 0 Å². The topological polar surface area (TPSA) is 81.8 Å². The second-order valence-electron chi connectivity index (χ2n) is 5.55. The second kappa shape index (κ2) is 7.99. The average molecular weight is 445 g/mol. The van der Waals surface area contributed by atoms with E-state index in [1.165, 1.54) is 28.1 Å². The van der Waals surface area contributed by atoms with Gasteiger partial charge in [0, 0.05) is 12.2 Å². The number of hydrogen-bond acceptors (Lipinski definition) is 4. The van der Waals surface area contributed by atoms with Gasteiger partial charge in [-0.3, -0.25) is 9.91 Å². The van der Waals surface area contributed by atoms with Gasteiger partial charge in [-0.25, -0.2) is 13.2 Å². The molecule has 1 aliphatic heterocycles. The zero-order valence-corrected chi connectivity index (χ0v) is 16.9. The number of sulfonamides is 1. The van der Waals surface area contributed by atoms with Crippen molar-refractivity contribution in [2.45, 2.75) is 4.90 Å². The molecular weight excluding hydrogens is 431 g/mol. The fourth-order valence-electron chi connectivity index (χ4n) is 2.37. The summed E-state index contributed by atoms with van der Waals surface area (Å²) in [5, 5.41) is 4.61. The van der Waals surface area contributed by atoms with Gasteiger partial charge < -0.3 is 5.32 Å². The molecule has 0 aromatic heterocycles. The highest BCUT2D eigenvalue weighted by molar-refractivity contribution is 7.89. The molecule has 2 N–H and O–H groups in total. The first kappa shape index (κ1) is 19.8. The van der Waals surface area contributed by atoms with Gasteiger partial charge in [-0.1, -0.05) is 41.4 Å². The first-order valence-electron chi connectivity index (χ1n) is 7.70. The van der Waals surface area contributed by atoms with Crippen LogP contribution in [0, 0.1) is 0 Å². The number of rotatable bonds is 4. The first-order chi connectivity index (χ1) is 12.8. The second-order valence-corrected chi connectivity index (χ2v) is 8.39. The van der Waals surface area contributed by atoms with Gasteiger partial charge in [0.1, 0.15) is 0 Å². The van der Waals surface area contributed by atoms with Gasteiger partial charge in [-0.2, -0.15) is 0 Å². The summed E-state index contributed by atoms with van der Waals surface area (Å²) in [6.45, 7) is 0.447. The Kier molecular flexibility index (Phi) is 5.87. The van der Waals surface area contributed by atoms with Crippen molar-refractivity contribution in [2.24, 2.45) is 0 Å². The molecule has 0 saturated carbocycles. The van der Waals surface area contributed by atoms with Crippen LogP contribution in [-0.2, 0) is 10.0 Å². The van der Waals surface area contributed by atoms with Gasteiger partial charge >= 0.3 is 6.03 Å². The maximum Gasteiger partial charge on any atom is 0.328 e. The number of carbonyl (C=O) groups excluding carboxylic acids is 1. The van der Waals surface area contributed by atoms with Crippen molar-refractivity contribution in [1.82, 2.24) is 14.7 Å². The van der Waals surface area contributed by atoms with Gasteiger partial charge in [0.05, 0.1) is 21.5 Å². The van der Waals surface area contributed by atoms with E-state index in [1.54, 1.807) is 30.3 Å². The number of nitrogens with zero attached hydrogens (tertiary/aromatic N) is 2. The summed E-state index contributed by atoms with van der Waals surface area (Å²) in [4.78, 5) is 16.2. The molecule has 1 saturated heterocycles. The van der Waals surface area contributed by atoms with Crippen molar-refractivity contribution in [3.8, 4) is 0 Å². The number of nitrogens with one attached hydrogen (secondary N) is 2. The first-order valence-corrected chi connectivity index (χ1v) is 10.4. The number of urea groups is 1. The quantitative estimate of drug-likeness (QED) is 0.706. The minimum Gasteiger partial charge on any atom is -0.307 e. The number of hydrazine groups is 1. The normalized spacial score (nSPS) is 14.5. The van der Waals surface area contributed by atoms with Crippen LogP contribution in [0.4, 0.5) is 10.5 Å². The van der Waals surface area contributed by atoms with Crippen LogP contribution in [0.15, 0.2) is 53.4 Å². The van der Waals surface area contributed by atoms with Crippen molar-refractivity contribution in [2.75, 3.05) is 18.4 Å². The molecular formula is C16H14Cl2N4O3S2. The molecule has 142 valence electrons. The molecule has 0 radical (unpaired) electrons. The van der Waals surface area contributed by atoms with Crippen LogP contribution in [0.3, 0.4) is 0 Å². The molecule has 2 amide bonds. The van der Waals surface area contributed by atoms with Gasteiger partial charge in [0.2, 0.25) is 0 Å². The Bertz CT molecular complexity index is 986. The number of carbonyl (C=O) groups is 1. The van der Waals surface area contributed by atoms with Crippen molar-refractivity contribution < 1.29 is 13.2 Å². The molecule has 0 unspecified atom stereocenters. The molecule has 0 spiro atoms. The molecule has 1 aliphatic rings. The summed E-state index contributed by atoms with van der Waals surface area (Å²) in [5.74, 6) is 0. The summed E-state index contributed by atoms with van der Waals surface area (Å²) in [6, 6.07) is 12.1. The smallest absolute Gasteiger partial charge is 0.307 e. The minimum atomic E-state index is -3.80. The SMILES string of the molecule is O=C(Nc1ccc(Cl)c(Cl)c1)N1CCN(NS(=O)(=O)c2ccccc2)C1=S. The minimum absolute atomic E-state index is 0.0482. The van der Waals surface area contributed by atoms with E-state index in [-0.39, 0.29) is 23.1 Å². The third-order valence-electron chi connectivity index (χ3n) is 3.71. The lowest BCUT2D eigenvalue weighted by Gasteiger charge is -2.21. The van der Waals surface area contributed by atoms with Crippen molar-refractivity contribution in [3.05, 3.63) is 58.6 Å². The summed E-state index contributed by atoms with van der Waals surface area (Å²) < 4.78 is 24.8. The number of benzene rings is 2. The zero-order chi connectivity index (χ0) is 19.6. The van der Waals surface area contributed by atoms with E-state index in [0.717, 1.165) is 0 Å². The summed E-state index contributed by atoms with van der Waals surface area (Å²) in [7, 11) is -3.80. The molecule has 1 heterocycles. The number of hydrogen-bond donors (Lipinski definition) is 2. The Morgan fingerprint density at radius 2 is 1.74 bits per heavy atom. The van der Waals surface area contributed by atoms with Crippen LogP contribution >= 0.6 is 35.4 Å². The van der Waals surface area contributed by atoms with Crippen molar-refractivity contribution in [1.29, 1.82) is 0 Å². The Labute approximate surface area is 171 Å². The van der Waals surface area contributed by atoms with Crippen LogP contribution in [0.25, 0.3) is 0 Å². The Morgan fingerprint density at radius 1 is 1.04 bits per heavy atom. The Morgan fingerprint density at radius 3 is 2.41 bits per heavy atom. The van der Waals surface area contributed by atoms with Crippen LogP contribution in [-0.4, -0.2) is 42.6 Å². The molecule has 0 bridgehead atoms. The largest absolute Gasteiger partial charge is 0.328 e. The Hall–Kier alpha value is -1.91. The maximum absolute atomic E-state index is 12.4. The van der Waals surface area contributed by atoms with Gasteiger partial charge in [0.25, 0.3) is 10.0 Å². The molecule has 7 nitrogen and oxygen atoms in total. The van der Waals surface area contributed by atoms with Crippen LogP contribution in [0.2, 0.25) is 10.0 Å². The third-order valence-corrected chi connectivity index (χ3v) is 6.24. The molecule has 0 atom stereocenters. The van der Waals surface area contributed by atoms with Crippen LogP contribution < -0.4 is 10.1 Å². The Balaban J connectivity index is 1.67. The summed E-state index contributed by atoms with van der Waals surface area (Å²) in [5.41, 5.74) is 0.445. The highest BCUT2D eigenvalue weighted by Gasteiger charge is 2.32. The van der Waals surface area contributed by atoms with E-state index in [0.29, 0.717) is 15.7 Å². The predicted molar refractivity (Wildman–Crippen MR) is 108 cm³/mol. The number of thiocarbonyl (C=S) groups is 1. The third kappa shape index (κ3) is 4.50. The molecule has 27 heavy (non-hydrogen) atoms. The van der Waals surface area contributed by atoms with E-state index in [1.807, 2.05) is 0 Å². The predicted octanol–water partition coefficient (Wildman–Crippen LogP) is 3.32.